The van der Waals surface area contributed by atoms with E-state index in [2.05, 4.69) is 21.2 Å². The first-order valence-corrected chi connectivity index (χ1v) is 10.3. The van der Waals surface area contributed by atoms with Gasteiger partial charge in [0, 0.05) is 29.8 Å². The van der Waals surface area contributed by atoms with Crippen LogP contribution in [0.4, 0.5) is 4.39 Å². The van der Waals surface area contributed by atoms with Crippen LogP contribution in [-0.4, -0.2) is 20.0 Å². The molecule has 126 valence electrons. The molecule has 0 fully saturated rings. The highest BCUT2D eigenvalue weighted by atomic mass is 79.9. The molecule has 1 aliphatic carbocycles. The Balaban J connectivity index is 1.96. The lowest BCUT2D eigenvalue weighted by molar-refractivity contribution is -0.116. The van der Waals surface area contributed by atoms with E-state index in [0.717, 1.165) is 18.5 Å². The summed E-state index contributed by atoms with van der Waals surface area (Å²) < 4.78 is 39.1. The lowest BCUT2D eigenvalue weighted by Gasteiger charge is -2.33. The first-order valence-electron chi connectivity index (χ1n) is 7.82. The van der Waals surface area contributed by atoms with Gasteiger partial charge in [-0.2, -0.15) is 0 Å². The molecule has 0 bridgehead atoms. The van der Waals surface area contributed by atoms with Gasteiger partial charge in [-0.15, -0.1) is 0 Å². The third-order valence-corrected chi connectivity index (χ3v) is 7.34. The number of allylic oxidation sites excluding steroid dienone is 4. The molecule has 2 heterocycles. The number of Topliss-reactive ketones (excluding diaryl/α,β-unsaturated/α-hetero) is 1. The quantitative estimate of drug-likeness (QED) is 0.769. The molecule has 1 aromatic rings. The summed E-state index contributed by atoms with van der Waals surface area (Å²) in [6, 6.07) is 4.45. The molecule has 0 amide bonds. The average Bonchev–Trinajstić information content (AvgIpc) is 2.84. The topological polar surface area (TPSA) is 63.2 Å². The van der Waals surface area contributed by atoms with E-state index >= 15 is 0 Å². The van der Waals surface area contributed by atoms with E-state index in [1.54, 1.807) is 12.1 Å². The molecule has 0 saturated heterocycles. The van der Waals surface area contributed by atoms with Crippen molar-refractivity contribution in [3.63, 3.8) is 0 Å². The van der Waals surface area contributed by atoms with Gasteiger partial charge in [0.2, 0.25) is 0 Å². The molecule has 7 heteroatoms. The van der Waals surface area contributed by atoms with Crippen LogP contribution in [0.5, 0.6) is 0 Å². The maximum Gasteiger partial charge on any atom is 0.177 e. The minimum Gasteiger partial charge on any atom is -0.361 e. The van der Waals surface area contributed by atoms with Crippen molar-refractivity contribution in [1.29, 1.82) is 0 Å². The number of carbonyl (C=O) groups is 1. The van der Waals surface area contributed by atoms with Gasteiger partial charge in [-0.3, -0.25) is 4.79 Å². The van der Waals surface area contributed by atoms with Crippen molar-refractivity contribution in [2.24, 2.45) is 0 Å². The van der Waals surface area contributed by atoms with Crippen LogP contribution in [0.3, 0.4) is 0 Å². The van der Waals surface area contributed by atoms with Gasteiger partial charge in [0.25, 0.3) is 0 Å². The van der Waals surface area contributed by atoms with Crippen molar-refractivity contribution in [2.75, 3.05) is 5.75 Å². The van der Waals surface area contributed by atoms with Crippen LogP contribution in [0.15, 0.2) is 44.5 Å². The van der Waals surface area contributed by atoms with Crippen LogP contribution in [0.25, 0.3) is 0 Å². The van der Waals surface area contributed by atoms with Crippen molar-refractivity contribution in [3.05, 3.63) is 55.9 Å². The highest BCUT2D eigenvalue weighted by Gasteiger charge is 2.44. The van der Waals surface area contributed by atoms with E-state index in [0.29, 0.717) is 29.7 Å². The summed E-state index contributed by atoms with van der Waals surface area (Å²) in [6.07, 6.45) is 2.35. The van der Waals surface area contributed by atoms with Gasteiger partial charge in [0.1, 0.15) is 5.82 Å². The van der Waals surface area contributed by atoms with Crippen LogP contribution in [0.2, 0.25) is 0 Å². The van der Waals surface area contributed by atoms with Crippen molar-refractivity contribution in [3.8, 4) is 0 Å². The molecule has 4 nitrogen and oxygen atoms in total. The second-order valence-electron chi connectivity index (χ2n) is 6.31. The summed E-state index contributed by atoms with van der Waals surface area (Å²) in [7, 11) is -3.42. The van der Waals surface area contributed by atoms with Gasteiger partial charge in [0.15, 0.2) is 15.6 Å². The Morgan fingerprint density at radius 3 is 2.71 bits per heavy atom. The Morgan fingerprint density at radius 1 is 1.17 bits per heavy atom. The molecule has 1 aromatic carbocycles. The Hall–Kier alpha value is -1.47. The number of carbonyl (C=O) groups excluding carboxylic acids is 1. The number of hydrogen-bond acceptors (Lipinski definition) is 4. The maximum absolute atomic E-state index is 13.6. The van der Waals surface area contributed by atoms with Crippen LogP contribution in [0, 0.1) is 5.82 Å². The second-order valence-corrected chi connectivity index (χ2v) is 9.24. The molecule has 2 aliphatic heterocycles. The number of sulfone groups is 1. The monoisotopic (exact) mass is 411 g/mol. The molecule has 0 unspecified atom stereocenters. The summed E-state index contributed by atoms with van der Waals surface area (Å²) in [4.78, 5) is 12.8. The molecule has 4 rings (SSSR count). The van der Waals surface area contributed by atoms with E-state index in [1.165, 1.54) is 6.07 Å². The summed E-state index contributed by atoms with van der Waals surface area (Å²) in [5.41, 5.74) is 2.68. The van der Waals surface area contributed by atoms with E-state index < -0.39 is 21.6 Å². The van der Waals surface area contributed by atoms with Crippen molar-refractivity contribution in [2.45, 2.75) is 31.6 Å². The smallest absolute Gasteiger partial charge is 0.177 e. The third kappa shape index (κ3) is 2.37. The maximum atomic E-state index is 13.6. The SMILES string of the molecule is O=C1CCCC2=C1[C@H](c1ccc(F)c(Br)c1)C1=C(CCS1(=O)=O)N2. The van der Waals surface area contributed by atoms with Crippen LogP contribution in [0.1, 0.15) is 37.2 Å². The Bertz CT molecular complexity index is 933. The highest BCUT2D eigenvalue weighted by Crippen LogP contribution is 2.47. The molecule has 0 radical (unpaired) electrons. The fourth-order valence-corrected chi connectivity index (χ4v) is 6.02. The molecule has 0 aromatic heterocycles. The zero-order valence-corrected chi connectivity index (χ0v) is 15.1. The van der Waals surface area contributed by atoms with E-state index in [9.17, 15) is 17.6 Å². The highest BCUT2D eigenvalue weighted by molar-refractivity contribution is 9.10. The standard InChI is InChI=1S/C17H15BrFNO3S/c18-10-8-9(4-5-11(10)19)15-16-12(2-1-3-14(16)21)20-13-6-7-24(22,23)17(13)15/h4-5,8,15,20H,1-3,6-7H2/t15-/m0/s1. The van der Waals surface area contributed by atoms with Crippen molar-refractivity contribution in [1.82, 2.24) is 5.32 Å². The van der Waals surface area contributed by atoms with Gasteiger partial charge < -0.3 is 5.32 Å². The molecular formula is C17H15BrFNO3S. The number of benzene rings is 1. The average molecular weight is 412 g/mol. The first-order chi connectivity index (χ1) is 11.4. The van der Waals surface area contributed by atoms with Crippen LogP contribution >= 0.6 is 15.9 Å². The number of dihydropyridines is 1. The third-order valence-electron chi connectivity index (χ3n) is 4.84. The van der Waals surface area contributed by atoms with Crippen molar-refractivity contribution < 1.29 is 17.6 Å². The normalized spacial score (nSPS) is 25.4. The lowest BCUT2D eigenvalue weighted by Crippen LogP contribution is -2.32. The minimum atomic E-state index is -3.42. The number of hydrogen-bond donors (Lipinski definition) is 1. The predicted molar refractivity (Wildman–Crippen MR) is 91.3 cm³/mol. The zero-order chi connectivity index (χ0) is 17.1. The molecular weight excluding hydrogens is 397 g/mol. The number of ketones is 1. The molecule has 0 saturated carbocycles. The second kappa shape index (κ2) is 5.52. The fraction of sp³-hybridized carbons (Fsp3) is 0.353. The van der Waals surface area contributed by atoms with Gasteiger partial charge in [0.05, 0.1) is 21.0 Å². The molecule has 3 aliphatic rings. The Morgan fingerprint density at radius 2 is 1.96 bits per heavy atom. The minimum absolute atomic E-state index is 0.0251. The van der Waals surface area contributed by atoms with Gasteiger partial charge >= 0.3 is 0 Å². The van der Waals surface area contributed by atoms with Crippen LogP contribution < -0.4 is 5.32 Å². The van der Waals surface area contributed by atoms with Gasteiger partial charge in [-0.25, -0.2) is 12.8 Å². The van der Waals surface area contributed by atoms with E-state index in [1.807, 2.05) is 0 Å². The number of rotatable bonds is 1. The molecule has 0 spiro atoms. The zero-order valence-electron chi connectivity index (χ0n) is 12.7. The summed E-state index contributed by atoms with van der Waals surface area (Å²) in [6.45, 7) is 0. The fourth-order valence-electron chi connectivity index (χ4n) is 3.79. The lowest BCUT2D eigenvalue weighted by atomic mass is 9.79. The summed E-state index contributed by atoms with van der Waals surface area (Å²) in [5, 5.41) is 3.20. The van der Waals surface area contributed by atoms with Crippen LogP contribution in [-0.2, 0) is 14.6 Å². The largest absolute Gasteiger partial charge is 0.361 e. The Kier molecular flexibility index (Phi) is 3.69. The molecule has 1 atom stereocenters. The molecule has 1 N–H and O–H groups in total. The number of halogens is 2. The van der Waals surface area contributed by atoms with Gasteiger partial charge in [-0.05, 0) is 46.5 Å². The number of nitrogens with one attached hydrogen (secondary N) is 1. The summed E-state index contributed by atoms with van der Waals surface area (Å²) in [5.74, 6) is -1.02. The van der Waals surface area contributed by atoms with Gasteiger partial charge in [-0.1, -0.05) is 6.07 Å². The van der Waals surface area contributed by atoms with E-state index in [-0.39, 0.29) is 20.9 Å². The summed E-state index contributed by atoms with van der Waals surface area (Å²) >= 11 is 3.16. The van der Waals surface area contributed by atoms with Crippen molar-refractivity contribution >= 4 is 31.6 Å². The molecule has 24 heavy (non-hydrogen) atoms. The predicted octanol–water partition coefficient (Wildman–Crippen LogP) is 3.31. The first kappa shape index (κ1) is 16.0. The van der Waals surface area contributed by atoms with E-state index in [4.69, 9.17) is 0 Å². The Labute approximate surface area is 147 Å².